The lowest BCUT2D eigenvalue weighted by atomic mass is 10.1. The maximum Gasteiger partial charge on any atom is 0.313 e. The van der Waals surface area contributed by atoms with E-state index in [4.69, 9.17) is 9.84 Å². The Labute approximate surface area is 122 Å². The number of nitrogens with one attached hydrogen (secondary N) is 1. The number of rotatable bonds is 9. The highest BCUT2D eigenvalue weighted by molar-refractivity contribution is 7.99. The topological polar surface area (TPSA) is 75.6 Å². The van der Waals surface area contributed by atoms with Crippen molar-refractivity contribution in [2.75, 3.05) is 25.2 Å². The van der Waals surface area contributed by atoms with Crippen molar-refractivity contribution in [3.05, 3.63) is 29.8 Å². The van der Waals surface area contributed by atoms with Crippen LogP contribution in [0.4, 0.5) is 0 Å². The number of methoxy groups -OCH3 is 1. The van der Waals surface area contributed by atoms with Gasteiger partial charge in [-0.2, -0.15) is 0 Å². The molecule has 5 nitrogen and oxygen atoms in total. The highest BCUT2D eigenvalue weighted by atomic mass is 32.2. The highest BCUT2D eigenvalue weighted by Crippen LogP contribution is 2.13. The Balaban J connectivity index is 2.17. The zero-order valence-corrected chi connectivity index (χ0v) is 12.2. The first-order chi connectivity index (χ1) is 9.61. The molecule has 0 bridgehead atoms. The molecule has 0 saturated carbocycles. The van der Waals surface area contributed by atoms with Crippen LogP contribution in [0.3, 0.4) is 0 Å². The zero-order valence-electron chi connectivity index (χ0n) is 11.4. The van der Waals surface area contributed by atoms with E-state index in [-0.39, 0.29) is 11.7 Å². The molecule has 1 rings (SSSR count). The van der Waals surface area contributed by atoms with Gasteiger partial charge in [-0.1, -0.05) is 12.1 Å². The predicted octanol–water partition coefficient (Wildman–Crippen LogP) is 1.56. The Morgan fingerprint density at radius 2 is 2.20 bits per heavy atom. The van der Waals surface area contributed by atoms with Crippen LogP contribution in [-0.4, -0.2) is 42.1 Å². The van der Waals surface area contributed by atoms with E-state index in [1.54, 1.807) is 7.11 Å². The number of carboxylic acids is 1. The molecule has 1 aromatic carbocycles. The van der Waals surface area contributed by atoms with Crippen molar-refractivity contribution in [3.63, 3.8) is 0 Å². The van der Waals surface area contributed by atoms with Gasteiger partial charge in [-0.25, -0.2) is 0 Å². The van der Waals surface area contributed by atoms with Crippen LogP contribution < -0.4 is 10.1 Å². The van der Waals surface area contributed by atoms with E-state index in [1.165, 1.54) is 11.8 Å². The van der Waals surface area contributed by atoms with Crippen LogP contribution in [0.25, 0.3) is 0 Å². The van der Waals surface area contributed by atoms with Crippen molar-refractivity contribution in [1.82, 2.24) is 5.32 Å². The molecule has 0 spiro atoms. The van der Waals surface area contributed by atoms with Gasteiger partial charge < -0.3 is 15.2 Å². The molecule has 0 fully saturated rings. The minimum atomic E-state index is -0.834. The molecule has 2 N–H and O–H groups in total. The summed E-state index contributed by atoms with van der Waals surface area (Å²) in [6.45, 7) is 0.495. The summed E-state index contributed by atoms with van der Waals surface area (Å²) in [4.78, 5) is 21.9. The summed E-state index contributed by atoms with van der Waals surface area (Å²) < 4.78 is 5.12. The molecular formula is C14H19NO4S. The van der Waals surface area contributed by atoms with E-state index >= 15 is 0 Å². The largest absolute Gasteiger partial charge is 0.497 e. The number of hydrogen-bond donors (Lipinski definition) is 2. The fourth-order valence-corrected chi connectivity index (χ4v) is 2.16. The van der Waals surface area contributed by atoms with E-state index in [2.05, 4.69) is 5.32 Å². The molecule has 1 aromatic rings. The molecule has 0 aromatic heterocycles. The Bertz CT molecular complexity index is 451. The maximum atomic E-state index is 11.6. The molecule has 0 atom stereocenters. The second-order valence-corrected chi connectivity index (χ2v) is 5.25. The second-order valence-electron chi connectivity index (χ2n) is 4.15. The van der Waals surface area contributed by atoms with Crippen molar-refractivity contribution in [3.8, 4) is 5.75 Å². The van der Waals surface area contributed by atoms with E-state index < -0.39 is 5.97 Å². The molecule has 0 unspecified atom stereocenters. The predicted molar refractivity (Wildman–Crippen MR) is 79.3 cm³/mol. The number of aryl methyl sites for hydroxylation is 1. The molecule has 0 heterocycles. The van der Waals surface area contributed by atoms with Gasteiger partial charge in [0.1, 0.15) is 5.75 Å². The van der Waals surface area contributed by atoms with E-state index in [9.17, 15) is 9.59 Å². The molecular weight excluding hydrogens is 278 g/mol. The maximum absolute atomic E-state index is 11.6. The van der Waals surface area contributed by atoms with Crippen LogP contribution >= 0.6 is 11.8 Å². The Morgan fingerprint density at radius 3 is 2.90 bits per heavy atom. The van der Waals surface area contributed by atoms with Gasteiger partial charge in [0.2, 0.25) is 5.91 Å². The van der Waals surface area contributed by atoms with Gasteiger partial charge in [-0.15, -0.1) is 11.8 Å². The molecule has 0 aliphatic heterocycles. The Kier molecular flexibility index (Phi) is 7.57. The number of carbonyl (C=O) groups excluding carboxylic acids is 1. The number of amides is 1. The molecule has 1 amide bonds. The SMILES string of the molecule is COc1cccc(CCC(=O)NCCSCC(=O)O)c1. The average Bonchev–Trinajstić information content (AvgIpc) is 2.44. The van der Waals surface area contributed by atoms with Crippen LogP contribution in [0.15, 0.2) is 24.3 Å². The summed E-state index contributed by atoms with van der Waals surface area (Å²) in [7, 11) is 1.61. The fourth-order valence-electron chi connectivity index (χ4n) is 1.60. The fraction of sp³-hybridized carbons (Fsp3) is 0.429. The van der Waals surface area contributed by atoms with Crippen LogP contribution in [0, 0.1) is 0 Å². The first-order valence-corrected chi connectivity index (χ1v) is 7.46. The number of thioether (sulfide) groups is 1. The van der Waals surface area contributed by atoms with Gasteiger partial charge in [0.25, 0.3) is 0 Å². The quantitative estimate of drug-likeness (QED) is 0.677. The minimum Gasteiger partial charge on any atom is -0.497 e. The molecule has 0 aliphatic carbocycles. The summed E-state index contributed by atoms with van der Waals surface area (Å²) in [6, 6.07) is 7.63. The van der Waals surface area contributed by atoms with Gasteiger partial charge in [-0.3, -0.25) is 9.59 Å². The summed E-state index contributed by atoms with van der Waals surface area (Å²) in [6.07, 6.45) is 1.07. The second kappa shape index (κ2) is 9.25. The summed E-state index contributed by atoms with van der Waals surface area (Å²) >= 11 is 1.29. The number of ether oxygens (including phenoxy) is 1. The third-order valence-electron chi connectivity index (χ3n) is 2.57. The summed E-state index contributed by atoms with van der Waals surface area (Å²) in [5, 5.41) is 11.2. The monoisotopic (exact) mass is 297 g/mol. The Hall–Kier alpha value is -1.69. The standard InChI is InChI=1S/C14H19NO4S/c1-19-12-4-2-3-11(9-12)5-6-13(16)15-7-8-20-10-14(17)18/h2-4,9H,5-8,10H2,1H3,(H,15,16)(H,17,18). The third-order valence-corrected chi connectivity index (χ3v) is 3.51. The molecule has 110 valence electrons. The van der Waals surface area contributed by atoms with Crippen molar-refractivity contribution in [2.24, 2.45) is 0 Å². The number of aliphatic carboxylic acids is 1. The van der Waals surface area contributed by atoms with Crippen molar-refractivity contribution in [1.29, 1.82) is 0 Å². The van der Waals surface area contributed by atoms with E-state index in [0.29, 0.717) is 25.1 Å². The lowest BCUT2D eigenvalue weighted by Gasteiger charge is -2.06. The normalized spacial score (nSPS) is 10.1. The summed E-state index contributed by atoms with van der Waals surface area (Å²) in [5.74, 6) is 0.604. The van der Waals surface area contributed by atoms with Gasteiger partial charge in [-0.05, 0) is 24.1 Å². The summed E-state index contributed by atoms with van der Waals surface area (Å²) in [5.41, 5.74) is 1.06. The molecule has 20 heavy (non-hydrogen) atoms. The highest BCUT2D eigenvalue weighted by Gasteiger charge is 2.03. The lowest BCUT2D eigenvalue weighted by Crippen LogP contribution is -2.26. The van der Waals surface area contributed by atoms with Crippen LogP contribution in [0.5, 0.6) is 5.75 Å². The number of hydrogen-bond acceptors (Lipinski definition) is 4. The van der Waals surface area contributed by atoms with Gasteiger partial charge >= 0.3 is 5.97 Å². The first kappa shape index (κ1) is 16.4. The first-order valence-electron chi connectivity index (χ1n) is 6.31. The number of benzene rings is 1. The lowest BCUT2D eigenvalue weighted by molar-refractivity contribution is -0.133. The van der Waals surface area contributed by atoms with Gasteiger partial charge in [0.05, 0.1) is 12.9 Å². The third kappa shape index (κ3) is 7.04. The minimum absolute atomic E-state index is 0.0243. The van der Waals surface area contributed by atoms with Gasteiger partial charge in [0, 0.05) is 18.7 Å². The van der Waals surface area contributed by atoms with Crippen LogP contribution in [-0.2, 0) is 16.0 Å². The van der Waals surface area contributed by atoms with E-state index in [0.717, 1.165) is 11.3 Å². The zero-order chi connectivity index (χ0) is 14.8. The molecule has 6 heteroatoms. The van der Waals surface area contributed by atoms with Crippen molar-refractivity contribution >= 4 is 23.6 Å². The van der Waals surface area contributed by atoms with Crippen molar-refractivity contribution < 1.29 is 19.4 Å². The molecule has 0 saturated heterocycles. The smallest absolute Gasteiger partial charge is 0.313 e. The van der Waals surface area contributed by atoms with Gasteiger partial charge in [0.15, 0.2) is 0 Å². The van der Waals surface area contributed by atoms with E-state index in [1.807, 2.05) is 24.3 Å². The van der Waals surface area contributed by atoms with Crippen LogP contribution in [0.2, 0.25) is 0 Å². The molecule has 0 radical (unpaired) electrons. The average molecular weight is 297 g/mol. The number of carbonyl (C=O) groups is 2. The number of carboxylic acid groups (broad SMARTS) is 1. The Morgan fingerprint density at radius 1 is 1.40 bits per heavy atom. The molecule has 0 aliphatic rings. The van der Waals surface area contributed by atoms with Crippen molar-refractivity contribution in [2.45, 2.75) is 12.8 Å². The van der Waals surface area contributed by atoms with Crippen LogP contribution in [0.1, 0.15) is 12.0 Å².